The van der Waals surface area contributed by atoms with Crippen LogP contribution < -0.4 is 0 Å². The van der Waals surface area contributed by atoms with Crippen molar-refractivity contribution >= 4 is 17.5 Å². The standard InChI is InChI=1S/C16F38O3Si2/c17-1(18,3(21,22)5(25,26)7(29,30)31)2(19,20)4(23,24)6(27,28)14(47,48)58(53,54)15(49,50)16(51,52)59(55-11(41,42)8(32,33)34,56-12(43,44)9(35,36)37)57-13(45,46)10(38,39)40. The quantitative estimate of drug-likeness (QED) is 0.0876. The molecule has 0 spiro atoms. The van der Waals surface area contributed by atoms with Gasteiger partial charge in [-0.2, -0.15) is 158 Å². The van der Waals surface area contributed by atoms with Gasteiger partial charge in [0.1, 0.15) is 0 Å². The maximum atomic E-state index is 14.9. The van der Waals surface area contributed by atoms with Crippen LogP contribution in [0.2, 0.25) is 0 Å². The van der Waals surface area contributed by atoms with Gasteiger partial charge in [-0.1, -0.05) is 0 Å². The molecule has 0 atom stereocenters. The molecule has 0 aliphatic heterocycles. The van der Waals surface area contributed by atoms with Crippen molar-refractivity contribution in [3.8, 4) is 0 Å². The molecule has 0 bridgehead atoms. The zero-order valence-corrected chi connectivity index (χ0v) is 26.6. The maximum absolute atomic E-state index is 14.9. The molecule has 59 heavy (non-hydrogen) atoms. The lowest BCUT2D eigenvalue weighted by Gasteiger charge is -2.46. The van der Waals surface area contributed by atoms with Gasteiger partial charge in [0.25, 0.3) is 0 Å². The van der Waals surface area contributed by atoms with E-state index in [0.717, 1.165) is 13.3 Å². The molecule has 0 aliphatic carbocycles. The molecule has 3 nitrogen and oxygen atoms in total. The van der Waals surface area contributed by atoms with Crippen LogP contribution in [-0.4, -0.2) is 113 Å². The van der Waals surface area contributed by atoms with E-state index in [9.17, 15) is 166 Å². The summed E-state index contributed by atoms with van der Waals surface area (Å²) in [7, 11) is -24.9. The molecular weight excluding hydrogens is 1020 g/mol. The average Bonchev–Trinajstić information content (AvgIpc) is 2.92. The van der Waals surface area contributed by atoms with E-state index < -0.39 is 113 Å². The molecule has 43 heteroatoms. The highest BCUT2D eigenvalue weighted by Crippen LogP contribution is 2.67. The van der Waals surface area contributed by atoms with Gasteiger partial charge in [0.15, 0.2) is 0 Å². The number of alkyl halides is 36. The largest absolute Gasteiger partial charge is 0.595 e. The average molecular weight is 1020 g/mol. The van der Waals surface area contributed by atoms with Crippen LogP contribution in [0, 0.1) is 0 Å². The molecule has 0 unspecified atom stereocenters. The van der Waals surface area contributed by atoms with Crippen molar-refractivity contribution in [2.24, 2.45) is 0 Å². The predicted octanol–water partition coefficient (Wildman–Crippen LogP) is 11.7. The minimum atomic E-state index is -12.8. The van der Waals surface area contributed by atoms with E-state index in [1.165, 1.54) is 0 Å². The Kier molecular flexibility index (Phi) is 13.5. The highest BCUT2D eigenvalue weighted by Gasteiger charge is 3.02. The van der Waals surface area contributed by atoms with E-state index in [1.54, 1.807) is 0 Å². The van der Waals surface area contributed by atoms with Crippen LogP contribution in [0.25, 0.3) is 0 Å². The molecule has 0 N–H and O–H groups in total. The first-order valence-corrected chi connectivity index (χ1v) is 15.4. The minimum Gasteiger partial charge on any atom is -0.302 e. The normalized spacial score (nSPS) is 17.2. The van der Waals surface area contributed by atoms with E-state index in [1.807, 2.05) is 0 Å². The minimum absolute atomic E-state index is 0.949. The molecule has 356 valence electrons. The molecule has 0 heterocycles. The van der Waals surface area contributed by atoms with E-state index >= 15 is 0 Å². The lowest BCUT2D eigenvalue weighted by molar-refractivity contribution is -0.459. The van der Waals surface area contributed by atoms with Gasteiger partial charge in [0.05, 0.1) is 0 Å². The molecule has 0 saturated carbocycles. The van der Waals surface area contributed by atoms with Crippen molar-refractivity contribution in [3.63, 3.8) is 0 Å². The Morgan fingerprint density at radius 2 is 0.424 bits per heavy atom. The number of hydrogen-bond donors (Lipinski definition) is 0. The topological polar surface area (TPSA) is 27.7 Å². The molecule has 0 saturated heterocycles. The fourth-order valence-electron chi connectivity index (χ4n) is 2.88. The third-order valence-corrected chi connectivity index (χ3v) is 11.2. The Morgan fingerprint density at radius 1 is 0.220 bits per heavy atom. The summed E-state index contributed by atoms with van der Waals surface area (Å²) in [5.74, 6) is -59.3. The Labute approximate surface area is 293 Å². The van der Waals surface area contributed by atoms with Gasteiger partial charge in [-0.3, -0.25) is 8.22 Å². The zero-order chi connectivity index (χ0) is 49.1. The highest BCUT2D eigenvalue weighted by molar-refractivity contribution is 6.75. The van der Waals surface area contributed by atoms with Gasteiger partial charge in [-0.15, -0.1) is 0 Å². The maximum Gasteiger partial charge on any atom is 0.595 e. The fraction of sp³-hybridized carbons (Fsp3) is 1.00. The van der Waals surface area contributed by atoms with Crippen molar-refractivity contribution in [2.75, 3.05) is 0 Å². The second-order valence-corrected chi connectivity index (χ2v) is 14.9. The van der Waals surface area contributed by atoms with Crippen LogP contribution >= 0.6 is 0 Å². The summed E-state index contributed by atoms with van der Waals surface area (Å²) in [5.41, 5.74) is -31.1. The second kappa shape index (κ2) is 14.1. The van der Waals surface area contributed by atoms with Gasteiger partial charge in [0, 0.05) is 0 Å². The van der Waals surface area contributed by atoms with Gasteiger partial charge in [-0.05, 0) is 0 Å². The predicted molar refractivity (Wildman–Crippen MR) is 101 cm³/mol. The molecule has 0 aliphatic rings. The van der Waals surface area contributed by atoms with Crippen molar-refractivity contribution in [2.45, 2.75) is 95.2 Å². The van der Waals surface area contributed by atoms with Crippen LogP contribution in [0.5, 0.6) is 0 Å². The van der Waals surface area contributed by atoms with Gasteiger partial charge in [-0.25, -0.2) is 0 Å². The summed E-state index contributed by atoms with van der Waals surface area (Å²) >= 11 is 0. The summed E-state index contributed by atoms with van der Waals surface area (Å²) in [6.45, 7) is 0. The number of halogens is 38. The smallest absolute Gasteiger partial charge is 0.302 e. The summed E-state index contributed by atoms with van der Waals surface area (Å²) in [6, 6.07) is 0. The molecule has 0 rings (SSSR count). The molecule has 0 aromatic carbocycles. The van der Waals surface area contributed by atoms with Crippen LogP contribution in [0.3, 0.4) is 0 Å². The first-order valence-electron chi connectivity index (χ1n) is 11.9. The molecular formula is C16F38O3Si2. The second-order valence-electron chi connectivity index (χ2n) is 10.1. The van der Waals surface area contributed by atoms with E-state index in [-0.39, 0.29) is 0 Å². The first-order chi connectivity index (χ1) is 24.6. The third kappa shape index (κ3) is 7.98. The van der Waals surface area contributed by atoms with E-state index in [0.29, 0.717) is 0 Å². The van der Waals surface area contributed by atoms with Gasteiger partial charge in [0.2, 0.25) is 0 Å². The van der Waals surface area contributed by atoms with Crippen LogP contribution in [0.15, 0.2) is 0 Å². The van der Waals surface area contributed by atoms with Crippen molar-refractivity contribution in [1.29, 1.82) is 0 Å². The third-order valence-electron chi connectivity index (χ3n) is 6.07. The van der Waals surface area contributed by atoms with Gasteiger partial charge >= 0.3 is 113 Å². The van der Waals surface area contributed by atoms with Crippen LogP contribution in [-0.2, 0) is 13.3 Å². The van der Waals surface area contributed by atoms with Crippen molar-refractivity contribution < 1.29 is 180 Å². The summed E-state index contributed by atoms with van der Waals surface area (Å²) in [5, 5.41) is 0. The Balaban J connectivity index is 8.64. The molecule has 0 aromatic heterocycles. The summed E-state index contributed by atoms with van der Waals surface area (Å²) in [6.07, 6.45) is -60.7. The van der Waals surface area contributed by atoms with E-state index in [4.69, 9.17) is 0 Å². The lowest BCUT2D eigenvalue weighted by Crippen LogP contribution is -2.83. The molecule has 0 aromatic rings. The summed E-state index contributed by atoms with van der Waals surface area (Å²) < 4.78 is 512. The Bertz CT molecular complexity index is 1420. The molecule has 0 radical (unpaired) electrons. The number of hydrogen-bond acceptors (Lipinski definition) is 3. The zero-order valence-electron chi connectivity index (χ0n) is 24.6. The van der Waals surface area contributed by atoms with Crippen molar-refractivity contribution in [1.82, 2.24) is 0 Å². The number of rotatable bonds is 16. The molecule has 0 fully saturated rings. The Morgan fingerprint density at radius 3 is 0.627 bits per heavy atom. The SMILES string of the molecule is FC(F)(F)C(F)(F)O[Si](OC(F)(F)C(F)(F)F)(OC(F)(F)C(F)(F)F)C(F)(F)C(F)(F)[Si](F)(F)C(F)(F)C(F)(F)C(F)(F)C(F)(F)C(F)(F)C(F)(F)C(F)(F)C(F)(F)F. The fourth-order valence-corrected chi connectivity index (χ4v) is 7.41. The van der Waals surface area contributed by atoms with Crippen LogP contribution in [0.1, 0.15) is 0 Å². The van der Waals surface area contributed by atoms with Crippen molar-refractivity contribution in [3.05, 3.63) is 0 Å². The monoisotopic (exact) mass is 1020 g/mol. The van der Waals surface area contributed by atoms with Gasteiger partial charge < -0.3 is 13.3 Å². The van der Waals surface area contributed by atoms with E-state index in [2.05, 4.69) is 0 Å². The first kappa shape index (κ1) is 56.7. The lowest BCUT2D eigenvalue weighted by atomic mass is 9.91. The Hall–Kier alpha value is -2.35. The van der Waals surface area contributed by atoms with Crippen LogP contribution in [0.4, 0.5) is 166 Å². The highest BCUT2D eigenvalue weighted by atomic mass is 28.4. The molecule has 0 amide bonds. The summed E-state index contributed by atoms with van der Waals surface area (Å²) in [4.78, 5) is 0.